The molecule has 0 spiro atoms. The Kier molecular flexibility index (Phi) is 7.85. The predicted octanol–water partition coefficient (Wildman–Crippen LogP) is -2.27. The number of quaternary nitrogens is 1. The van der Waals surface area contributed by atoms with E-state index in [1.807, 2.05) is 20.9 Å². The fourth-order valence-electron chi connectivity index (χ4n) is 3.14. The Hall–Kier alpha value is -0.260. The number of aliphatic hydroxyl groups excluding tert-OH is 1. The average molecular weight is 485 g/mol. The SMILES string of the molecule is CC(C)CS(=O)(=O)c1ccc(C2(O)C[N+](C)(CCO)CCO2)cc1.[I-]. The number of hydrogen-bond acceptors (Lipinski definition) is 5. The number of aliphatic hydroxyl groups is 2. The molecule has 2 N–H and O–H groups in total. The van der Waals surface area contributed by atoms with E-state index in [2.05, 4.69) is 0 Å². The number of sulfone groups is 1. The van der Waals surface area contributed by atoms with E-state index >= 15 is 0 Å². The summed E-state index contributed by atoms with van der Waals surface area (Å²) in [7, 11) is -1.35. The fourth-order valence-corrected chi connectivity index (χ4v) is 4.76. The minimum Gasteiger partial charge on any atom is -1.00 e. The minimum absolute atomic E-state index is 0. The van der Waals surface area contributed by atoms with Gasteiger partial charge in [0, 0.05) is 5.56 Å². The quantitative estimate of drug-likeness (QED) is 0.351. The van der Waals surface area contributed by atoms with E-state index in [-0.39, 0.29) is 47.1 Å². The molecule has 1 saturated heterocycles. The van der Waals surface area contributed by atoms with Crippen LogP contribution in [0.3, 0.4) is 0 Å². The molecule has 25 heavy (non-hydrogen) atoms. The zero-order chi connectivity index (χ0) is 18.0. The molecule has 0 aliphatic carbocycles. The molecular weight excluding hydrogens is 457 g/mol. The van der Waals surface area contributed by atoms with Gasteiger partial charge in [-0.05, 0) is 18.1 Å². The van der Waals surface area contributed by atoms with Gasteiger partial charge in [-0.25, -0.2) is 8.42 Å². The first-order chi connectivity index (χ1) is 11.1. The lowest BCUT2D eigenvalue weighted by Crippen LogP contribution is -3.00. The monoisotopic (exact) mass is 485 g/mol. The fraction of sp³-hybridized carbons (Fsp3) is 0.647. The zero-order valence-corrected chi connectivity index (χ0v) is 18.0. The molecule has 144 valence electrons. The van der Waals surface area contributed by atoms with Gasteiger partial charge in [0.1, 0.15) is 19.6 Å². The van der Waals surface area contributed by atoms with Crippen molar-refractivity contribution in [3.8, 4) is 0 Å². The van der Waals surface area contributed by atoms with Crippen molar-refractivity contribution in [2.45, 2.75) is 24.5 Å². The number of benzene rings is 1. The summed E-state index contributed by atoms with van der Waals surface area (Å²) in [6.45, 7) is 5.70. The maximum atomic E-state index is 12.3. The van der Waals surface area contributed by atoms with Crippen LogP contribution in [-0.2, 0) is 20.4 Å². The van der Waals surface area contributed by atoms with Crippen molar-refractivity contribution in [3.05, 3.63) is 29.8 Å². The third-order valence-corrected chi connectivity index (χ3v) is 6.52. The van der Waals surface area contributed by atoms with E-state index < -0.39 is 15.6 Å². The van der Waals surface area contributed by atoms with E-state index in [9.17, 15) is 18.6 Å². The highest BCUT2D eigenvalue weighted by atomic mass is 127. The van der Waals surface area contributed by atoms with Crippen molar-refractivity contribution in [1.29, 1.82) is 0 Å². The van der Waals surface area contributed by atoms with Crippen LogP contribution in [0.1, 0.15) is 19.4 Å². The molecule has 2 unspecified atom stereocenters. The number of ether oxygens (including phenoxy) is 1. The maximum Gasteiger partial charge on any atom is 0.243 e. The van der Waals surface area contributed by atoms with Crippen LogP contribution >= 0.6 is 0 Å². The van der Waals surface area contributed by atoms with Gasteiger partial charge in [0.25, 0.3) is 0 Å². The summed E-state index contributed by atoms with van der Waals surface area (Å²) in [6.07, 6.45) is 0. The largest absolute Gasteiger partial charge is 1.00 e. The second-order valence-corrected chi connectivity index (χ2v) is 9.32. The molecule has 8 heteroatoms. The van der Waals surface area contributed by atoms with E-state index in [0.717, 1.165) is 0 Å². The lowest BCUT2D eigenvalue weighted by atomic mass is 10.0. The molecule has 0 aromatic heterocycles. The molecular formula is C17H28INO5S. The van der Waals surface area contributed by atoms with E-state index in [0.29, 0.717) is 36.3 Å². The van der Waals surface area contributed by atoms with E-state index in [4.69, 9.17) is 4.74 Å². The van der Waals surface area contributed by atoms with Crippen molar-refractivity contribution in [1.82, 2.24) is 0 Å². The number of halogens is 1. The smallest absolute Gasteiger partial charge is 0.243 e. The molecule has 0 saturated carbocycles. The maximum absolute atomic E-state index is 12.3. The van der Waals surface area contributed by atoms with E-state index in [1.54, 1.807) is 12.1 Å². The first-order valence-corrected chi connectivity index (χ1v) is 9.89. The Balaban J connectivity index is 0.00000312. The van der Waals surface area contributed by atoms with Crippen molar-refractivity contribution in [2.75, 3.05) is 45.6 Å². The lowest BCUT2D eigenvalue weighted by Gasteiger charge is -2.44. The van der Waals surface area contributed by atoms with Crippen LogP contribution in [0.4, 0.5) is 0 Å². The van der Waals surface area contributed by atoms with Gasteiger partial charge in [0.05, 0.1) is 30.9 Å². The zero-order valence-electron chi connectivity index (χ0n) is 15.0. The van der Waals surface area contributed by atoms with Gasteiger partial charge < -0.3 is 43.4 Å². The standard InChI is InChI=1S/C17H28NO5S.HI/c1-14(2)12-24(21,22)16-6-4-15(5-7-16)17(20)13-18(3,8-10-19)9-11-23-17;/h4-7,14,19-20H,8-13H2,1-3H3;1H/q+1;/p-1. The Morgan fingerprint density at radius 2 is 1.88 bits per heavy atom. The van der Waals surface area contributed by atoms with Gasteiger partial charge in [-0.1, -0.05) is 26.0 Å². The first kappa shape index (κ1) is 22.8. The van der Waals surface area contributed by atoms with Crippen LogP contribution in [0.5, 0.6) is 0 Å². The van der Waals surface area contributed by atoms with Crippen LogP contribution in [0.15, 0.2) is 29.2 Å². The van der Waals surface area contributed by atoms with Gasteiger partial charge in [-0.2, -0.15) is 0 Å². The molecule has 2 rings (SSSR count). The summed E-state index contributed by atoms with van der Waals surface area (Å²) >= 11 is 0. The number of morpholine rings is 1. The van der Waals surface area contributed by atoms with E-state index in [1.165, 1.54) is 12.1 Å². The summed E-state index contributed by atoms with van der Waals surface area (Å²) in [5.74, 6) is -1.32. The predicted molar refractivity (Wildman–Crippen MR) is 91.1 cm³/mol. The molecule has 1 aromatic carbocycles. The molecule has 1 aromatic rings. The average Bonchev–Trinajstić information content (AvgIpc) is 2.46. The number of hydrogen-bond donors (Lipinski definition) is 2. The molecule has 0 radical (unpaired) electrons. The van der Waals surface area contributed by atoms with Gasteiger partial charge in [0.15, 0.2) is 9.84 Å². The third-order valence-electron chi connectivity index (χ3n) is 4.43. The van der Waals surface area contributed by atoms with Crippen molar-refractivity contribution < 1.29 is 51.8 Å². The molecule has 1 fully saturated rings. The van der Waals surface area contributed by atoms with Crippen LogP contribution in [-0.4, -0.2) is 68.8 Å². The Morgan fingerprint density at radius 3 is 2.40 bits per heavy atom. The molecule has 1 aliphatic rings. The highest BCUT2D eigenvalue weighted by Gasteiger charge is 2.44. The lowest BCUT2D eigenvalue weighted by molar-refractivity contribution is -0.930. The molecule has 1 heterocycles. The highest BCUT2D eigenvalue weighted by molar-refractivity contribution is 7.91. The van der Waals surface area contributed by atoms with Crippen LogP contribution < -0.4 is 24.0 Å². The van der Waals surface area contributed by atoms with Crippen LogP contribution in [0.25, 0.3) is 0 Å². The van der Waals surface area contributed by atoms with Crippen molar-refractivity contribution in [2.24, 2.45) is 5.92 Å². The van der Waals surface area contributed by atoms with Crippen LogP contribution in [0, 0.1) is 5.92 Å². The third kappa shape index (κ3) is 5.61. The second kappa shape index (κ2) is 8.62. The van der Waals surface area contributed by atoms with Gasteiger partial charge in [0.2, 0.25) is 5.79 Å². The summed E-state index contributed by atoms with van der Waals surface area (Å²) in [5, 5.41) is 20.1. The topological polar surface area (TPSA) is 83.8 Å². The van der Waals surface area contributed by atoms with Crippen molar-refractivity contribution >= 4 is 9.84 Å². The normalized spacial score (nSPS) is 27.1. The Labute approximate surface area is 167 Å². The number of rotatable bonds is 6. The van der Waals surface area contributed by atoms with Gasteiger partial charge in [-0.15, -0.1) is 0 Å². The first-order valence-electron chi connectivity index (χ1n) is 8.24. The molecule has 1 aliphatic heterocycles. The molecule has 6 nitrogen and oxygen atoms in total. The Bertz CT molecular complexity index is 660. The molecule has 0 amide bonds. The summed E-state index contributed by atoms with van der Waals surface area (Å²) in [5.41, 5.74) is 0.535. The summed E-state index contributed by atoms with van der Waals surface area (Å²) < 4.78 is 30.6. The minimum atomic E-state index is -3.32. The number of likely N-dealkylation sites (N-methyl/N-ethyl adjacent to an activating group) is 1. The van der Waals surface area contributed by atoms with Crippen molar-refractivity contribution in [3.63, 3.8) is 0 Å². The number of nitrogens with zero attached hydrogens (tertiary/aromatic N) is 1. The van der Waals surface area contributed by atoms with Gasteiger partial charge >= 0.3 is 0 Å². The summed E-state index contributed by atoms with van der Waals surface area (Å²) in [4.78, 5) is 0.256. The summed E-state index contributed by atoms with van der Waals surface area (Å²) in [6, 6.07) is 6.28. The molecule has 2 atom stereocenters. The second-order valence-electron chi connectivity index (χ2n) is 7.28. The highest BCUT2D eigenvalue weighted by Crippen LogP contribution is 2.30. The Morgan fingerprint density at radius 1 is 1.28 bits per heavy atom. The molecule has 0 bridgehead atoms. The van der Waals surface area contributed by atoms with Crippen LogP contribution in [0.2, 0.25) is 0 Å². The van der Waals surface area contributed by atoms with Gasteiger partial charge in [-0.3, -0.25) is 0 Å².